The van der Waals surface area contributed by atoms with Crippen LogP contribution in [-0.4, -0.2) is 28.5 Å². The SMILES string of the molecule is CC(C)(C)S(=O)(=O)CCn1cnc2cc(Br)ccc2c1=O. The summed E-state index contributed by atoms with van der Waals surface area (Å²) in [5, 5.41) is 0.480. The third-order valence-corrected chi connectivity index (χ3v) is 6.40. The van der Waals surface area contributed by atoms with E-state index >= 15 is 0 Å². The molecule has 0 spiro atoms. The molecule has 7 heteroatoms. The first kappa shape index (κ1) is 16.2. The van der Waals surface area contributed by atoms with Crippen molar-refractivity contribution >= 4 is 36.7 Å². The normalized spacial score (nSPS) is 12.8. The average molecular weight is 373 g/mol. The van der Waals surface area contributed by atoms with Crippen molar-refractivity contribution in [3.05, 3.63) is 39.4 Å². The Balaban J connectivity index is 2.35. The molecule has 1 heterocycles. The van der Waals surface area contributed by atoms with Crippen LogP contribution in [0.1, 0.15) is 20.8 Å². The molecule has 1 aromatic heterocycles. The van der Waals surface area contributed by atoms with Crippen molar-refractivity contribution in [2.75, 3.05) is 5.75 Å². The fourth-order valence-corrected chi connectivity index (χ4v) is 3.21. The number of halogens is 1. The second kappa shape index (κ2) is 5.53. The van der Waals surface area contributed by atoms with Gasteiger partial charge in [0.15, 0.2) is 9.84 Å². The molecule has 0 N–H and O–H groups in total. The molecule has 0 unspecified atom stereocenters. The predicted octanol–water partition coefficient (Wildman–Crippen LogP) is 2.37. The summed E-state index contributed by atoms with van der Waals surface area (Å²) in [5.74, 6) is -0.0832. The Bertz CT molecular complexity index is 835. The van der Waals surface area contributed by atoms with Gasteiger partial charge < -0.3 is 0 Å². The zero-order valence-electron chi connectivity index (χ0n) is 12.1. The maximum Gasteiger partial charge on any atom is 0.261 e. The third-order valence-electron chi connectivity index (χ3n) is 3.32. The molecule has 0 aliphatic heterocycles. The van der Waals surface area contributed by atoms with Crippen molar-refractivity contribution in [2.45, 2.75) is 32.1 Å². The Morgan fingerprint density at radius 2 is 1.95 bits per heavy atom. The maximum absolute atomic E-state index is 12.3. The molecule has 0 bridgehead atoms. The number of aryl methyl sites for hydroxylation is 1. The minimum absolute atomic E-state index is 0.0832. The van der Waals surface area contributed by atoms with Gasteiger partial charge in [-0.25, -0.2) is 13.4 Å². The Kier molecular flexibility index (Phi) is 4.26. The van der Waals surface area contributed by atoms with Crippen LogP contribution in [0.15, 0.2) is 33.8 Å². The molecule has 2 rings (SSSR count). The van der Waals surface area contributed by atoms with Crippen LogP contribution in [-0.2, 0) is 16.4 Å². The van der Waals surface area contributed by atoms with Gasteiger partial charge in [-0.2, -0.15) is 0 Å². The van der Waals surface area contributed by atoms with E-state index in [0.29, 0.717) is 10.9 Å². The van der Waals surface area contributed by atoms with Crippen LogP contribution >= 0.6 is 15.9 Å². The van der Waals surface area contributed by atoms with E-state index in [1.165, 1.54) is 10.9 Å². The lowest BCUT2D eigenvalue weighted by molar-refractivity contribution is 0.552. The number of rotatable bonds is 3. The molecular weight excluding hydrogens is 356 g/mol. The maximum atomic E-state index is 12.3. The predicted molar refractivity (Wildman–Crippen MR) is 87.2 cm³/mol. The molecule has 5 nitrogen and oxygen atoms in total. The van der Waals surface area contributed by atoms with Crippen molar-refractivity contribution in [1.82, 2.24) is 9.55 Å². The summed E-state index contributed by atoms with van der Waals surface area (Å²) >= 11 is 3.33. The Morgan fingerprint density at radius 1 is 1.29 bits per heavy atom. The summed E-state index contributed by atoms with van der Waals surface area (Å²) in [6.45, 7) is 5.07. The highest BCUT2D eigenvalue weighted by Gasteiger charge is 2.28. The van der Waals surface area contributed by atoms with Gasteiger partial charge in [0, 0.05) is 11.0 Å². The Morgan fingerprint density at radius 3 is 2.57 bits per heavy atom. The molecule has 0 aliphatic carbocycles. The number of sulfone groups is 1. The van der Waals surface area contributed by atoms with Crippen molar-refractivity contribution in [2.24, 2.45) is 0 Å². The molecule has 114 valence electrons. The minimum Gasteiger partial charge on any atom is -0.298 e. The van der Waals surface area contributed by atoms with E-state index in [1.54, 1.807) is 39.0 Å². The molecule has 1 aromatic carbocycles. The smallest absolute Gasteiger partial charge is 0.261 e. The first-order chi connectivity index (χ1) is 9.62. The van der Waals surface area contributed by atoms with Gasteiger partial charge in [-0.3, -0.25) is 9.36 Å². The van der Waals surface area contributed by atoms with Crippen molar-refractivity contribution in [3.63, 3.8) is 0 Å². The highest BCUT2D eigenvalue weighted by molar-refractivity contribution is 9.10. The van der Waals surface area contributed by atoms with Gasteiger partial charge >= 0.3 is 0 Å². The number of hydrogen-bond donors (Lipinski definition) is 0. The average Bonchev–Trinajstić information content (AvgIpc) is 2.36. The topological polar surface area (TPSA) is 69.0 Å². The molecule has 0 fully saturated rings. The van der Waals surface area contributed by atoms with Crippen molar-refractivity contribution in [1.29, 1.82) is 0 Å². The van der Waals surface area contributed by atoms with E-state index in [1.807, 2.05) is 0 Å². The van der Waals surface area contributed by atoms with E-state index in [-0.39, 0.29) is 17.9 Å². The number of nitrogens with zero attached hydrogens (tertiary/aromatic N) is 2. The van der Waals surface area contributed by atoms with E-state index in [4.69, 9.17) is 0 Å². The summed E-state index contributed by atoms with van der Waals surface area (Å²) < 4.78 is 25.6. The van der Waals surface area contributed by atoms with E-state index in [9.17, 15) is 13.2 Å². The number of aromatic nitrogens is 2. The lowest BCUT2D eigenvalue weighted by Gasteiger charge is -2.19. The van der Waals surface area contributed by atoms with E-state index in [2.05, 4.69) is 20.9 Å². The zero-order chi connectivity index (χ0) is 15.8. The van der Waals surface area contributed by atoms with Gasteiger partial charge in [0.25, 0.3) is 5.56 Å². The molecule has 0 saturated heterocycles. The first-order valence-electron chi connectivity index (χ1n) is 6.49. The van der Waals surface area contributed by atoms with Gasteiger partial charge in [0.1, 0.15) is 0 Å². The lowest BCUT2D eigenvalue weighted by atomic mass is 10.2. The van der Waals surface area contributed by atoms with Crippen LogP contribution < -0.4 is 5.56 Å². The van der Waals surface area contributed by atoms with Gasteiger partial charge in [0.2, 0.25) is 0 Å². The molecule has 21 heavy (non-hydrogen) atoms. The highest BCUT2D eigenvalue weighted by Crippen LogP contribution is 2.17. The number of hydrogen-bond acceptors (Lipinski definition) is 4. The van der Waals surface area contributed by atoms with Crippen LogP contribution in [0.3, 0.4) is 0 Å². The standard InChI is InChI=1S/C14H17BrN2O3S/c1-14(2,3)21(19,20)7-6-17-9-16-12-8-10(15)4-5-11(12)13(17)18/h4-5,8-9H,6-7H2,1-3H3. The second-order valence-electron chi connectivity index (χ2n) is 5.84. The molecule has 0 radical (unpaired) electrons. The molecule has 0 aliphatic rings. The second-order valence-corrected chi connectivity index (χ2v) is 9.61. The summed E-state index contributed by atoms with van der Waals surface area (Å²) in [5.41, 5.74) is 0.362. The Labute approximate surface area is 132 Å². The van der Waals surface area contributed by atoms with Crippen LogP contribution in [0.4, 0.5) is 0 Å². The zero-order valence-corrected chi connectivity index (χ0v) is 14.5. The van der Waals surface area contributed by atoms with Crippen molar-refractivity contribution < 1.29 is 8.42 Å². The fourth-order valence-electron chi connectivity index (χ4n) is 1.82. The fraction of sp³-hybridized carbons (Fsp3) is 0.429. The summed E-state index contributed by atoms with van der Waals surface area (Å²) in [4.78, 5) is 16.5. The van der Waals surface area contributed by atoms with Crippen LogP contribution in [0.2, 0.25) is 0 Å². The largest absolute Gasteiger partial charge is 0.298 e. The summed E-state index contributed by atoms with van der Waals surface area (Å²) in [6, 6.07) is 5.21. The Hall–Kier alpha value is -1.21. The summed E-state index contributed by atoms with van der Waals surface area (Å²) in [7, 11) is -3.27. The summed E-state index contributed by atoms with van der Waals surface area (Å²) in [6.07, 6.45) is 1.40. The van der Waals surface area contributed by atoms with Crippen LogP contribution in [0.25, 0.3) is 10.9 Å². The third kappa shape index (κ3) is 3.35. The first-order valence-corrected chi connectivity index (χ1v) is 8.93. The van der Waals surface area contributed by atoms with Gasteiger partial charge in [-0.1, -0.05) is 15.9 Å². The number of fused-ring (bicyclic) bond motifs is 1. The lowest BCUT2D eigenvalue weighted by Crippen LogP contribution is -2.33. The molecule has 2 aromatic rings. The molecule has 0 amide bonds. The molecule has 0 atom stereocenters. The minimum atomic E-state index is -3.27. The monoisotopic (exact) mass is 372 g/mol. The van der Waals surface area contributed by atoms with Crippen LogP contribution in [0.5, 0.6) is 0 Å². The van der Waals surface area contributed by atoms with Gasteiger partial charge in [-0.15, -0.1) is 0 Å². The van der Waals surface area contributed by atoms with E-state index in [0.717, 1.165) is 4.47 Å². The molecular formula is C14H17BrN2O3S. The highest BCUT2D eigenvalue weighted by atomic mass is 79.9. The quantitative estimate of drug-likeness (QED) is 0.829. The van der Waals surface area contributed by atoms with Crippen LogP contribution in [0, 0.1) is 0 Å². The van der Waals surface area contributed by atoms with Gasteiger partial charge in [0.05, 0.1) is 27.7 Å². The molecule has 0 saturated carbocycles. The van der Waals surface area contributed by atoms with E-state index < -0.39 is 14.6 Å². The van der Waals surface area contributed by atoms with Crippen molar-refractivity contribution in [3.8, 4) is 0 Å². The number of benzene rings is 1. The van der Waals surface area contributed by atoms with Gasteiger partial charge in [-0.05, 0) is 39.0 Å².